The van der Waals surface area contributed by atoms with Crippen molar-refractivity contribution in [3.05, 3.63) is 40.0 Å². The summed E-state index contributed by atoms with van der Waals surface area (Å²) in [7, 11) is 0. The molecule has 1 saturated heterocycles. The van der Waals surface area contributed by atoms with Crippen LogP contribution < -0.4 is 21.3 Å². The van der Waals surface area contributed by atoms with Gasteiger partial charge in [-0.25, -0.2) is 14.3 Å². The summed E-state index contributed by atoms with van der Waals surface area (Å²) in [6.45, 7) is 0. The highest BCUT2D eigenvalue weighted by Gasteiger charge is 2.26. The molecule has 0 atom stereocenters. The zero-order chi connectivity index (χ0) is 23.2. The average Bonchev–Trinajstić information content (AvgIpc) is 3.24. The van der Waals surface area contributed by atoms with E-state index >= 15 is 0 Å². The van der Waals surface area contributed by atoms with Crippen LogP contribution in [0.4, 0.5) is 10.5 Å². The second-order valence-electron chi connectivity index (χ2n) is 8.90. The molecule has 34 heavy (non-hydrogen) atoms. The standard InChI is InChI=1S/C23H23N7O3S/c31-21-18(27-23(33)28-21)8-15-10-24-20-17(25-14-5-6-14)9-16(29-30(15)20)12-7-19(34-11-12)22(32)26-13-3-1-2-4-13/h7-11,13-14,25H,1-6H2,(H,26,32)(H2,27,28,31,33). The van der Waals surface area contributed by atoms with Gasteiger partial charge in [0.25, 0.3) is 11.8 Å². The van der Waals surface area contributed by atoms with E-state index in [4.69, 9.17) is 5.10 Å². The number of thiophene rings is 1. The van der Waals surface area contributed by atoms with Crippen molar-refractivity contribution < 1.29 is 14.4 Å². The van der Waals surface area contributed by atoms with Crippen LogP contribution in [0.2, 0.25) is 0 Å². The predicted octanol–water partition coefficient (Wildman–Crippen LogP) is 2.88. The van der Waals surface area contributed by atoms with Crippen LogP contribution in [0.1, 0.15) is 53.9 Å². The SMILES string of the molecule is O=C1NC(=O)C(=Cc2cnc3c(NC4CC4)cc(-c4csc(C(=O)NC5CCCC5)c4)nn23)N1. The van der Waals surface area contributed by atoms with E-state index < -0.39 is 11.9 Å². The summed E-state index contributed by atoms with van der Waals surface area (Å²) in [5.41, 5.74) is 3.67. The van der Waals surface area contributed by atoms with E-state index in [0.717, 1.165) is 49.8 Å². The Morgan fingerprint density at radius 3 is 2.68 bits per heavy atom. The zero-order valence-electron chi connectivity index (χ0n) is 18.3. The molecule has 11 heteroatoms. The Hall–Kier alpha value is -3.73. The molecule has 3 aromatic rings. The van der Waals surface area contributed by atoms with Gasteiger partial charge in [-0.15, -0.1) is 11.3 Å². The molecular formula is C23H23N7O3S. The third-order valence-electron chi connectivity index (χ3n) is 6.25. The quantitative estimate of drug-likeness (QED) is 0.319. The first-order valence-corrected chi connectivity index (χ1v) is 12.3. The number of hydrogen-bond donors (Lipinski definition) is 4. The third kappa shape index (κ3) is 4.03. The maximum absolute atomic E-state index is 12.7. The van der Waals surface area contributed by atoms with Gasteiger partial charge in [0.15, 0.2) is 5.65 Å². The maximum Gasteiger partial charge on any atom is 0.326 e. The number of rotatable bonds is 6. The number of imide groups is 1. The van der Waals surface area contributed by atoms with E-state index in [1.165, 1.54) is 11.3 Å². The molecule has 0 unspecified atom stereocenters. The van der Waals surface area contributed by atoms with Gasteiger partial charge in [-0.1, -0.05) is 12.8 Å². The van der Waals surface area contributed by atoms with Gasteiger partial charge in [-0.05, 0) is 43.9 Å². The fourth-order valence-corrected chi connectivity index (χ4v) is 5.13. The molecule has 2 saturated carbocycles. The van der Waals surface area contributed by atoms with Gasteiger partial charge in [-0.2, -0.15) is 5.10 Å². The molecule has 3 aliphatic rings. The molecule has 1 aliphatic heterocycles. The molecule has 3 aromatic heterocycles. The van der Waals surface area contributed by atoms with Crippen molar-refractivity contribution in [3.63, 3.8) is 0 Å². The number of imidazole rings is 1. The van der Waals surface area contributed by atoms with Gasteiger partial charge in [0.1, 0.15) is 5.70 Å². The number of amides is 4. The van der Waals surface area contributed by atoms with Gasteiger partial charge in [0, 0.05) is 23.0 Å². The number of urea groups is 1. The van der Waals surface area contributed by atoms with E-state index in [1.54, 1.807) is 16.8 Å². The average molecular weight is 478 g/mol. The Morgan fingerprint density at radius 2 is 1.94 bits per heavy atom. The summed E-state index contributed by atoms with van der Waals surface area (Å²) < 4.78 is 1.65. The normalized spacial score (nSPS) is 19.6. The van der Waals surface area contributed by atoms with Crippen molar-refractivity contribution >= 4 is 46.6 Å². The second kappa shape index (κ2) is 8.24. The zero-order valence-corrected chi connectivity index (χ0v) is 19.1. The smallest absolute Gasteiger partial charge is 0.326 e. The first-order valence-electron chi connectivity index (χ1n) is 11.4. The molecule has 10 nitrogen and oxygen atoms in total. The predicted molar refractivity (Wildman–Crippen MR) is 127 cm³/mol. The topological polar surface area (TPSA) is 130 Å². The number of aromatic nitrogens is 3. The summed E-state index contributed by atoms with van der Waals surface area (Å²) in [6.07, 6.45) is 9.75. The summed E-state index contributed by atoms with van der Waals surface area (Å²) >= 11 is 1.40. The lowest BCUT2D eigenvalue weighted by atomic mass is 10.2. The van der Waals surface area contributed by atoms with Gasteiger partial charge < -0.3 is 16.0 Å². The number of hydrogen-bond acceptors (Lipinski definition) is 7. The van der Waals surface area contributed by atoms with Gasteiger partial charge in [0.2, 0.25) is 0 Å². The molecule has 0 radical (unpaired) electrons. The summed E-state index contributed by atoms with van der Waals surface area (Å²) in [5.74, 6) is -0.542. The molecule has 2 aliphatic carbocycles. The first kappa shape index (κ1) is 20.8. The molecule has 4 N–H and O–H groups in total. The largest absolute Gasteiger partial charge is 0.379 e. The lowest BCUT2D eigenvalue weighted by molar-refractivity contribution is -0.115. The number of carbonyl (C=O) groups excluding carboxylic acids is 3. The van der Waals surface area contributed by atoms with Crippen LogP contribution in [-0.4, -0.2) is 44.5 Å². The Kier molecular flexibility index (Phi) is 5.05. The highest BCUT2D eigenvalue weighted by atomic mass is 32.1. The molecule has 4 heterocycles. The van der Waals surface area contributed by atoms with Crippen LogP contribution in [0.15, 0.2) is 29.4 Å². The van der Waals surface area contributed by atoms with Crippen molar-refractivity contribution in [2.75, 3.05) is 5.32 Å². The second-order valence-corrected chi connectivity index (χ2v) is 9.81. The third-order valence-corrected chi connectivity index (χ3v) is 7.18. The van der Waals surface area contributed by atoms with Gasteiger partial charge >= 0.3 is 6.03 Å². The van der Waals surface area contributed by atoms with Crippen molar-refractivity contribution in [2.24, 2.45) is 0 Å². The fraction of sp³-hybridized carbons (Fsp3) is 0.348. The Morgan fingerprint density at radius 1 is 1.12 bits per heavy atom. The van der Waals surface area contributed by atoms with E-state index in [2.05, 4.69) is 26.3 Å². The van der Waals surface area contributed by atoms with Crippen molar-refractivity contribution in [2.45, 2.75) is 50.6 Å². The minimum atomic E-state index is -0.559. The van der Waals surface area contributed by atoms with Gasteiger partial charge in [0.05, 0.1) is 28.1 Å². The first-order chi connectivity index (χ1) is 16.5. The molecule has 6 rings (SSSR count). The van der Waals surface area contributed by atoms with Crippen molar-refractivity contribution in [1.29, 1.82) is 0 Å². The monoisotopic (exact) mass is 477 g/mol. The highest BCUT2D eigenvalue weighted by Crippen LogP contribution is 2.32. The number of fused-ring (bicyclic) bond motifs is 1. The lowest BCUT2D eigenvalue weighted by Crippen LogP contribution is -2.31. The van der Waals surface area contributed by atoms with Crippen LogP contribution in [0, 0.1) is 0 Å². The number of nitrogens with zero attached hydrogens (tertiary/aromatic N) is 3. The van der Waals surface area contributed by atoms with Crippen LogP contribution >= 0.6 is 11.3 Å². The van der Waals surface area contributed by atoms with E-state index in [1.807, 2.05) is 17.5 Å². The fourth-order valence-electron chi connectivity index (χ4n) is 4.33. The van der Waals surface area contributed by atoms with E-state index in [9.17, 15) is 14.4 Å². The van der Waals surface area contributed by atoms with Crippen molar-refractivity contribution in [3.8, 4) is 11.3 Å². The molecule has 3 fully saturated rings. The van der Waals surface area contributed by atoms with Crippen LogP contribution in [0.3, 0.4) is 0 Å². The Balaban J connectivity index is 1.36. The molecular weight excluding hydrogens is 454 g/mol. The lowest BCUT2D eigenvalue weighted by Gasteiger charge is -2.10. The van der Waals surface area contributed by atoms with Gasteiger partial charge in [-0.3, -0.25) is 14.9 Å². The summed E-state index contributed by atoms with van der Waals surface area (Å²) in [4.78, 5) is 41.3. The summed E-state index contributed by atoms with van der Waals surface area (Å²) in [5, 5.41) is 18.0. The highest BCUT2D eigenvalue weighted by molar-refractivity contribution is 7.12. The number of anilines is 1. The molecule has 0 aromatic carbocycles. The van der Waals surface area contributed by atoms with E-state index in [0.29, 0.717) is 28.0 Å². The number of carbonyl (C=O) groups is 3. The minimum absolute atomic E-state index is 0.0448. The Bertz CT molecular complexity index is 1350. The molecule has 0 bridgehead atoms. The Labute approximate surface area is 198 Å². The van der Waals surface area contributed by atoms with Crippen LogP contribution in [0.5, 0.6) is 0 Å². The van der Waals surface area contributed by atoms with Crippen LogP contribution in [0.25, 0.3) is 23.0 Å². The molecule has 174 valence electrons. The number of nitrogens with one attached hydrogen (secondary N) is 4. The summed E-state index contributed by atoms with van der Waals surface area (Å²) in [6, 6.07) is 3.91. The maximum atomic E-state index is 12.7. The molecule has 4 amide bonds. The minimum Gasteiger partial charge on any atom is -0.379 e. The molecule has 0 spiro atoms. The van der Waals surface area contributed by atoms with E-state index in [-0.39, 0.29) is 17.6 Å². The van der Waals surface area contributed by atoms with Crippen LogP contribution in [-0.2, 0) is 4.79 Å². The van der Waals surface area contributed by atoms with Crippen molar-refractivity contribution in [1.82, 2.24) is 30.5 Å².